The topological polar surface area (TPSA) is 91.8 Å². The molecule has 0 saturated carbocycles. The van der Waals surface area contributed by atoms with Crippen LogP contribution in [0.25, 0.3) is 0 Å². The van der Waals surface area contributed by atoms with E-state index < -0.39 is 5.97 Å². The summed E-state index contributed by atoms with van der Waals surface area (Å²) in [6, 6.07) is 2.62. The second-order valence-corrected chi connectivity index (χ2v) is 4.07. The lowest BCUT2D eigenvalue weighted by Crippen LogP contribution is -2.41. The van der Waals surface area contributed by atoms with Gasteiger partial charge in [-0.15, -0.1) is 0 Å². The van der Waals surface area contributed by atoms with Crippen LogP contribution in [0, 0.1) is 0 Å². The molecule has 1 aromatic rings. The van der Waals surface area contributed by atoms with Crippen molar-refractivity contribution >= 4 is 12.0 Å². The molecule has 2 N–H and O–H groups in total. The Morgan fingerprint density at radius 3 is 2.85 bits per heavy atom. The molecule has 0 aliphatic heterocycles. The van der Waals surface area contributed by atoms with Gasteiger partial charge in [-0.25, -0.2) is 9.59 Å². The van der Waals surface area contributed by atoms with Crippen LogP contribution in [-0.2, 0) is 11.3 Å². The number of nitrogens with one attached hydrogen (secondary N) is 1. The minimum Gasteiger partial charge on any atom is -0.478 e. The van der Waals surface area contributed by atoms with Crippen LogP contribution in [0.1, 0.15) is 23.0 Å². The van der Waals surface area contributed by atoms with Crippen molar-refractivity contribution < 1.29 is 19.4 Å². The number of rotatable bonds is 7. The third-order valence-electron chi connectivity index (χ3n) is 2.72. The zero-order valence-corrected chi connectivity index (χ0v) is 11.6. The predicted molar refractivity (Wildman–Crippen MR) is 72.6 cm³/mol. The highest BCUT2D eigenvalue weighted by Crippen LogP contribution is 2.02. The van der Waals surface area contributed by atoms with E-state index >= 15 is 0 Å². The molecular formula is C13H19N3O4. The van der Waals surface area contributed by atoms with E-state index in [2.05, 4.69) is 10.3 Å². The smallest absolute Gasteiger partial charge is 0.335 e. The van der Waals surface area contributed by atoms with Crippen molar-refractivity contribution in [3.8, 4) is 0 Å². The van der Waals surface area contributed by atoms with Crippen molar-refractivity contribution in [3.05, 3.63) is 29.6 Å². The van der Waals surface area contributed by atoms with Gasteiger partial charge in [0.2, 0.25) is 0 Å². The maximum absolute atomic E-state index is 11.9. The van der Waals surface area contributed by atoms with E-state index in [9.17, 15) is 9.59 Å². The number of carbonyl (C=O) groups excluding carboxylic acids is 1. The number of hydrogen-bond donors (Lipinski definition) is 2. The molecule has 7 nitrogen and oxygen atoms in total. The predicted octanol–water partition coefficient (Wildman–Crippen LogP) is 0.958. The van der Waals surface area contributed by atoms with Crippen molar-refractivity contribution in [3.63, 3.8) is 0 Å². The summed E-state index contributed by atoms with van der Waals surface area (Å²) in [7, 11) is 1.58. The first-order chi connectivity index (χ1) is 9.58. The molecule has 110 valence electrons. The number of likely N-dealkylation sites (N-methyl/N-ethyl adjacent to an activating group) is 1. The minimum atomic E-state index is -1.02. The molecule has 1 rings (SSSR count). The monoisotopic (exact) mass is 281 g/mol. The molecule has 2 amide bonds. The van der Waals surface area contributed by atoms with Crippen LogP contribution in [0.2, 0.25) is 0 Å². The zero-order chi connectivity index (χ0) is 15.0. The Kier molecular flexibility index (Phi) is 6.45. The van der Waals surface area contributed by atoms with Crippen molar-refractivity contribution in [1.82, 2.24) is 15.2 Å². The summed E-state index contributed by atoms with van der Waals surface area (Å²) >= 11 is 0. The van der Waals surface area contributed by atoms with Crippen molar-refractivity contribution in [2.75, 3.05) is 26.8 Å². The molecule has 0 bridgehead atoms. The lowest BCUT2D eigenvalue weighted by molar-refractivity contribution is 0.0696. The molecule has 20 heavy (non-hydrogen) atoms. The lowest BCUT2D eigenvalue weighted by Gasteiger charge is -2.20. The Balaban J connectivity index is 2.55. The van der Waals surface area contributed by atoms with Crippen LogP contribution in [0.5, 0.6) is 0 Å². The standard InChI is InChI=1S/C13H19N3O4/c1-3-16(6-7-20-2)13(19)15-9-11-8-10(12(17)18)4-5-14-11/h4-5,8H,3,6-7,9H2,1-2H3,(H,15,19)(H,17,18). The van der Waals surface area contributed by atoms with E-state index in [-0.39, 0.29) is 18.1 Å². The first-order valence-electron chi connectivity index (χ1n) is 6.28. The molecular weight excluding hydrogens is 262 g/mol. The van der Waals surface area contributed by atoms with Gasteiger partial charge < -0.3 is 20.1 Å². The van der Waals surface area contributed by atoms with Gasteiger partial charge in [0.1, 0.15) is 0 Å². The Morgan fingerprint density at radius 2 is 2.25 bits per heavy atom. The highest BCUT2D eigenvalue weighted by molar-refractivity contribution is 5.87. The van der Waals surface area contributed by atoms with Crippen LogP contribution in [0.4, 0.5) is 4.79 Å². The Hall–Kier alpha value is -2.15. The van der Waals surface area contributed by atoms with Gasteiger partial charge >= 0.3 is 12.0 Å². The van der Waals surface area contributed by atoms with E-state index in [1.807, 2.05) is 6.92 Å². The molecule has 1 heterocycles. The number of urea groups is 1. The number of carboxylic acids is 1. The third-order valence-corrected chi connectivity index (χ3v) is 2.72. The number of amides is 2. The normalized spacial score (nSPS) is 10.1. The van der Waals surface area contributed by atoms with Gasteiger partial charge in [0.05, 0.1) is 24.4 Å². The van der Waals surface area contributed by atoms with Crippen molar-refractivity contribution in [1.29, 1.82) is 0 Å². The van der Waals surface area contributed by atoms with Crippen LogP contribution < -0.4 is 5.32 Å². The summed E-state index contributed by atoms with van der Waals surface area (Å²) in [6.07, 6.45) is 1.41. The van der Waals surface area contributed by atoms with E-state index in [0.29, 0.717) is 25.4 Å². The van der Waals surface area contributed by atoms with Crippen molar-refractivity contribution in [2.45, 2.75) is 13.5 Å². The molecule has 0 aromatic carbocycles. The summed E-state index contributed by atoms with van der Waals surface area (Å²) in [5.41, 5.74) is 0.650. The molecule has 0 atom stereocenters. The summed E-state index contributed by atoms with van der Waals surface area (Å²) in [6.45, 7) is 3.59. The van der Waals surface area contributed by atoms with E-state index in [1.165, 1.54) is 18.3 Å². The van der Waals surface area contributed by atoms with Gasteiger partial charge in [-0.05, 0) is 19.1 Å². The molecule has 0 spiro atoms. The number of nitrogens with zero attached hydrogens (tertiary/aromatic N) is 2. The summed E-state index contributed by atoms with van der Waals surface area (Å²) in [5, 5.41) is 11.6. The number of pyridine rings is 1. The molecule has 0 saturated heterocycles. The molecule has 0 fully saturated rings. The van der Waals surface area contributed by atoms with E-state index in [1.54, 1.807) is 12.0 Å². The van der Waals surface area contributed by atoms with Crippen LogP contribution in [0.15, 0.2) is 18.3 Å². The van der Waals surface area contributed by atoms with Crippen LogP contribution in [-0.4, -0.2) is 53.8 Å². The summed E-state index contributed by atoms with van der Waals surface area (Å²) in [5.74, 6) is -1.02. The largest absolute Gasteiger partial charge is 0.478 e. The van der Waals surface area contributed by atoms with Gasteiger partial charge in [0.25, 0.3) is 0 Å². The quantitative estimate of drug-likeness (QED) is 0.776. The first-order valence-corrected chi connectivity index (χ1v) is 6.28. The van der Waals surface area contributed by atoms with Gasteiger partial charge in [0, 0.05) is 26.4 Å². The number of methoxy groups -OCH3 is 1. The number of ether oxygens (including phenoxy) is 1. The van der Waals surface area contributed by atoms with Gasteiger partial charge in [-0.2, -0.15) is 0 Å². The highest BCUT2D eigenvalue weighted by atomic mass is 16.5. The number of aromatic carboxylic acids is 1. The second kappa shape index (κ2) is 8.11. The molecule has 1 aromatic heterocycles. The zero-order valence-electron chi connectivity index (χ0n) is 11.6. The number of hydrogen-bond acceptors (Lipinski definition) is 4. The fraction of sp³-hybridized carbons (Fsp3) is 0.462. The second-order valence-electron chi connectivity index (χ2n) is 4.07. The summed E-state index contributed by atoms with van der Waals surface area (Å²) < 4.78 is 4.93. The summed E-state index contributed by atoms with van der Waals surface area (Å²) in [4.78, 5) is 28.3. The molecule has 0 aliphatic rings. The number of aromatic nitrogens is 1. The maximum atomic E-state index is 11.9. The number of carboxylic acid groups (broad SMARTS) is 1. The van der Waals surface area contributed by atoms with Crippen LogP contribution in [0.3, 0.4) is 0 Å². The molecule has 0 unspecified atom stereocenters. The molecule has 7 heteroatoms. The first kappa shape index (κ1) is 15.9. The van der Waals surface area contributed by atoms with E-state index in [0.717, 1.165) is 0 Å². The van der Waals surface area contributed by atoms with Crippen molar-refractivity contribution in [2.24, 2.45) is 0 Å². The number of carbonyl (C=O) groups is 2. The van der Waals surface area contributed by atoms with Gasteiger partial charge in [0.15, 0.2) is 0 Å². The average molecular weight is 281 g/mol. The van der Waals surface area contributed by atoms with Gasteiger partial charge in [-0.1, -0.05) is 0 Å². The Bertz CT molecular complexity index is 465. The fourth-order valence-corrected chi connectivity index (χ4v) is 1.59. The van der Waals surface area contributed by atoms with Crippen LogP contribution >= 0.6 is 0 Å². The minimum absolute atomic E-state index is 0.149. The SMILES string of the molecule is CCN(CCOC)C(=O)NCc1cc(C(=O)O)ccn1. The average Bonchev–Trinajstić information content (AvgIpc) is 2.46. The van der Waals surface area contributed by atoms with E-state index in [4.69, 9.17) is 9.84 Å². The van der Waals surface area contributed by atoms with Gasteiger partial charge in [-0.3, -0.25) is 4.98 Å². The lowest BCUT2D eigenvalue weighted by atomic mass is 10.2. The molecule has 0 aliphatic carbocycles. The Morgan fingerprint density at radius 1 is 1.50 bits per heavy atom. The maximum Gasteiger partial charge on any atom is 0.335 e. The Labute approximate surface area is 117 Å². The third kappa shape index (κ3) is 4.85. The fourth-order valence-electron chi connectivity index (χ4n) is 1.59. The molecule has 0 radical (unpaired) electrons. The highest BCUT2D eigenvalue weighted by Gasteiger charge is 2.11.